The number of fused-ring (bicyclic) bond motifs is 2. The fourth-order valence-corrected chi connectivity index (χ4v) is 6.78. The zero-order valence-electron chi connectivity index (χ0n) is 31.8. The molecule has 0 aliphatic rings. The van der Waals surface area contributed by atoms with E-state index in [1.165, 1.54) is 11.1 Å². The van der Waals surface area contributed by atoms with Crippen LogP contribution in [0.2, 0.25) is 0 Å². The molecule has 2 aromatic heterocycles. The quantitative estimate of drug-likeness (QED) is 0.179. The molecule has 5 heteroatoms. The molecule has 0 amide bonds. The van der Waals surface area contributed by atoms with Crippen molar-refractivity contribution in [2.45, 2.75) is 85.5 Å². The number of aromatic hydroxyl groups is 1. The van der Waals surface area contributed by atoms with Crippen molar-refractivity contribution in [1.29, 1.82) is 0 Å². The van der Waals surface area contributed by atoms with E-state index in [-0.39, 0.29) is 43.1 Å². The van der Waals surface area contributed by atoms with Crippen LogP contribution in [-0.4, -0.2) is 15.1 Å². The van der Waals surface area contributed by atoms with Crippen molar-refractivity contribution in [3.05, 3.63) is 126 Å². The van der Waals surface area contributed by atoms with Gasteiger partial charge in [-0.3, -0.25) is 4.98 Å². The fourth-order valence-electron chi connectivity index (χ4n) is 6.78. The molecule has 0 radical (unpaired) electrons. The maximum Gasteiger partial charge on any atom is 0.159 e. The van der Waals surface area contributed by atoms with Crippen LogP contribution < -0.4 is 0 Å². The van der Waals surface area contributed by atoms with E-state index < -0.39 is 0 Å². The van der Waals surface area contributed by atoms with Crippen LogP contribution >= 0.6 is 0 Å². The number of hydrogen-bond acceptors (Lipinski definition) is 4. The standard InChI is InChI=1S/C47H47N2O2.Pt/c1-28-19-20-48-41-36(28)26-34(46(5,6)7)27-37(41)31-21-32(23-33(22-31)45(2,3)4)44-49-42-35(17-14-18-40(42)51-44)38-24-30(29-15-12-11-13-16-29)25-39(43(38)50)47(8,9)10;/h11-20,22-27,50H,1-10H3;/q-1;. The normalized spacial score (nSPS) is 12.3. The number of aromatic nitrogens is 2. The summed E-state index contributed by atoms with van der Waals surface area (Å²) >= 11 is 0. The van der Waals surface area contributed by atoms with Crippen molar-refractivity contribution in [1.82, 2.24) is 9.97 Å². The van der Waals surface area contributed by atoms with Gasteiger partial charge in [-0.25, -0.2) is 4.98 Å². The molecule has 7 aromatic rings. The number of phenols is 1. The second-order valence-electron chi connectivity index (χ2n) is 17.0. The first-order chi connectivity index (χ1) is 24.0. The molecule has 0 spiro atoms. The number of aryl methyl sites for hydroxylation is 1. The molecule has 0 unspecified atom stereocenters. The van der Waals surface area contributed by atoms with Crippen molar-refractivity contribution in [3.8, 4) is 50.6 Å². The van der Waals surface area contributed by atoms with E-state index in [0.29, 0.717) is 17.0 Å². The Kier molecular flexibility index (Phi) is 9.64. The molecule has 7 rings (SSSR count). The van der Waals surface area contributed by atoms with Crippen molar-refractivity contribution < 1.29 is 30.6 Å². The Balaban J connectivity index is 0.00000464. The van der Waals surface area contributed by atoms with Crippen LogP contribution in [0, 0.1) is 13.0 Å². The van der Waals surface area contributed by atoms with E-state index in [1.54, 1.807) is 0 Å². The summed E-state index contributed by atoms with van der Waals surface area (Å²) in [7, 11) is 0. The Morgan fingerprint density at radius 2 is 1.29 bits per heavy atom. The number of nitrogens with zero attached hydrogens (tertiary/aromatic N) is 2. The Morgan fingerprint density at radius 1 is 0.615 bits per heavy atom. The van der Waals surface area contributed by atoms with Crippen LogP contribution in [0.15, 0.2) is 102 Å². The van der Waals surface area contributed by atoms with E-state index in [4.69, 9.17) is 14.4 Å². The van der Waals surface area contributed by atoms with Gasteiger partial charge < -0.3 is 9.52 Å². The Hall–Kier alpha value is -4.53. The topological polar surface area (TPSA) is 59.2 Å². The van der Waals surface area contributed by atoms with E-state index in [2.05, 4.69) is 130 Å². The summed E-state index contributed by atoms with van der Waals surface area (Å²) < 4.78 is 6.57. The van der Waals surface area contributed by atoms with Gasteiger partial charge in [-0.1, -0.05) is 128 Å². The van der Waals surface area contributed by atoms with Crippen LogP contribution in [0.3, 0.4) is 0 Å². The number of benzene rings is 5. The van der Waals surface area contributed by atoms with E-state index in [9.17, 15) is 5.11 Å². The Bertz CT molecular complexity index is 2440. The van der Waals surface area contributed by atoms with Gasteiger partial charge in [0.25, 0.3) is 0 Å². The van der Waals surface area contributed by atoms with Gasteiger partial charge in [-0.15, -0.1) is 29.3 Å². The molecule has 52 heavy (non-hydrogen) atoms. The maximum atomic E-state index is 11.8. The van der Waals surface area contributed by atoms with Gasteiger partial charge in [0.2, 0.25) is 0 Å². The largest absolute Gasteiger partial charge is 0.507 e. The minimum absolute atomic E-state index is 0. The van der Waals surface area contributed by atoms with E-state index >= 15 is 0 Å². The molecular formula is C47H47N2O2Pt-. The summed E-state index contributed by atoms with van der Waals surface area (Å²) in [5.74, 6) is 0.746. The Morgan fingerprint density at radius 3 is 1.96 bits per heavy atom. The molecule has 2 heterocycles. The van der Waals surface area contributed by atoms with Crippen molar-refractivity contribution in [2.75, 3.05) is 0 Å². The maximum absolute atomic E-state index is 11.8. The van der Waals surface area contributed by atoms with Gasteiger partial charge in [0.1, 0.15) is 16.8 Å². The van der Waals surface area contributed by atoms with Crippen molar-refractivity contribution >= 4 is 22.0 Å². The number of rotatable bonds is 4. The SMILES string of the molecule is Cc1ccnc2c(-c3[c-]c(-c4nc5c(-c6cc(-c7ccccc7)cc(C(C)(C)C)c6O)cccc5o4)cc(C(C)(C)C)c3)cc(C(C)(C)C)cc12.[Pt]. The van der Waals surface area contributed by atoms with Gasteiger partial charge in [-0.05, 0) is 75.1 Å². The van der Waals surface area contributed by atoms with Crippen LogP contribution in [0.1, 0.15) is 84.6 Å². The molecule has 0 atom stereocenters. The van der Waals surface area contributed by atoms with Gasteiger partial charge in [0.05, 0.1) is 0 Å². The molecule has 0 fully saturated rings. The molecule has 4 nitrogen and oxygen atoms in total. The average molecular weight is 867 g/mol. The first kappa shape index (κ1) is 37.2. The predicted molar refractivity (Wildman–Crippen MR) is 212 cm³/mol. The van der Waals surface area contributed by atoms with Gasteiger partial charge in [0, 0.05) is 49.5 Å². The summed E-state index contributed by atoms with van der Waals surface area (Å²) in [6.07, 6.45) is 1.89. The molecule has 0 saturated heterocycles. The van der Waals surface area contributed by atoms with Crippen LogP contribution in [0.5, 0.6) is 5.75 Å². The number of para-hydroxylation sites is 1. The smallest absolute Gasteiger partial charge is 0.159 e. The summed E-state index contributed by atoms with van der Waals surface area (Å²) in [5, 5.41) is 13.0. The third kappa shape index (κ3) is 6.98. The number of hydrogen-bond donors (Lipinski definition) is 1. The van der Waals surface area contributed by atoms with Gasteiger partial charge in [-0.2, -0.15) is 0 Å². The molecule has 5 aromatic carbocycles. The third-order valence-corrected chi connectivity index (χ3v) is 9.92. The molecule has 1 N–H and O–H groups in total. The second kappa shape index (κ2) is 13.5. The monoisotopic (exact) mass is 866 g/mol. The number of phenolic OH excluding ortho intramolecular Hbond substituents is 1. The molecule has 0 saturated carbocycles. The first-order valence-corrected chi connectivity index (χ1v) is 17.8. The van der Waals surface area contributed by atoms with Crippen molar-refractivity contribution in [2.24, 2.45) is 0 Å². The Labute approximate surface area is 322 Å². The van der Waals surface area contributed by atoms with E-state index in [0.717, 1.165) is 61.0 Å². The predicted octanol–water partition coefficient (Wildman–Crippen LogP) is 12.7. The van der Waals surface area contributed by atoms with Crippen molar-refractivity contribution in [3.63, 3.8) is 0 Å². The molecule has 268 valence electrons. The molecule has 0 aliphatic heterocycles. The zero-order chi connectivity index (χ0) is 36.5. The van der Waals surface area contributed by atoms with Crippen LogP contribution in [-0.2, 0) is 37.3 Å². The number of oxazole rings is 1. The average Bonchev–Trinajstić information content (AvgIpc) is 3.52. The molecular weight excluding hydrogens is 820 g/mol. The van der Waals surface area contributed by atoms with Crippen LogP contribution in [0.4, 0.5) is 0 Å². The van der Waals surface area contributed by atoms with Crippen LogP contribution in [0.25, 0.3) is 66.8 Å². The summed E-state index contributed by atoms with van der Waals surface area (Å²) in [6, 6.07) is 35.1. The fraction of sp³-hybridized carbons (Fsp3) is 0.277. The molecule has 0 aliphatic carbocycles. The third-order valence-electron chi connectivity index (χ3n) is 9.92. The molecule has 0 bridgehead atoms. The minimum Gasteiger partial charge on any atom is -0.507 e. The summed E-state index contributed by atoms with van der Waals surface area (Å²) in [5.41, 5.74) is 12.7. The van der Waals surface area contributed by atoms with Gasteiger partial charge in [0.15, 0.2) is 5.89 Å². The van der Waals surface area contributed by atoms with E-state index in [1.807, 2.05) is 42.6 Å². The second-order valence-corrected chi connectivity index (χ2v) is 17.0. The zero-order valence-corrected chi connectivity index (χ0v) is 34.1. The number of pyridine rings is 1. The summed E-state index contributed by atoms with van der Waals surface area (Å²) in [4.78, 5) is 10.1. The minimum atomic E-state index is -0.285. The summed E-state index contributed by atoms with van der Waals surface area (Å²) in [6.45, 7) is 21.9. The first-order valence-electron chi connectivity index (χ1n) is 17.8. The van der Waals surface area contributed by atoms with Gasteiger partial charge >= 0.3 is 0 Å².